The highest BCUT2D eigenvalue weighted by atomic mass is 35.5. The summed E-state index contributed by atoms with van der Waals surface area (Å²) in [5, 5.41) is 4.55. The van der Waals surface area contributed by atoms with Crippen LogP contribution in [0, 0.1) is 0 Å². The lowest BCUT2D eigenvalue weighted by molar-refractivity contribution is 0.0124. The molecule has 4 aromatic rings. The molecular formula is C31H34ClN5O5. The van der Waals surface area contributed by atoms with Gasteiger partial charge in [-0.1, -0.05) is 17.7 Å². The van der Waals surface area contributed by atoms with Crippen molar-refractivity contribution in [3.63, 3.8) is 0 Å². The third-order valence-corrected chi connectivity index (χ3v) is 6.90. The van der Waals surface area contributed by atoms with Gasteiger partial charge in [-0.25, -0.2) is 14.8 Å². The van der Waals surface area contributed by atoms with Crippen molar-refractivity contribution in [1.82, 2.24) is 19.9 Å². The standard InChI is InChI=1S/C31H34ClN5O5/c1-31(2,3)42-30(38)37-13-10-22(11-14-37)41-28-16-23-25(17-27(28)39-4)34-19-35-29(23)36-20-8-9-26(24(32)15-20)40-18-21-7-5-6-12-33-21/h5-9,12,15-17,19,22H,10-11,13-14,18H2,1-4H3,(H,34,35,36). The van der Waals surface area contributed by atoms with E-state index in [0.717, 1.165) is 16.8 Å². The highest BCUT2D eigenvalue weighted by molar-refractivity contribution is 6.32. The first-order valence-electron chi connectivity index (χ1n) is 13.7. The maximum Gasteiger partial charge on any atom is 0.410 e. The van der Waals surface area contributed by atoms with E-state index in [2.05, 4.69) is 20.3 Å². The zero-order chi connectivity index (χ0) is 29.7. The summed E-state index contributed by atoms with van der Waals surface area (Å²) in [6.45, 7) is 7.00. The van der Waals surface area contributed by atoms with Crippen LogP contribution in [-0.4, -0.2) is 57.8 Å². The molecule has 1 aliphatic rings. The van der Waals surface area contributed by atoms with E-state index in [-0.39, 0.29) is 12.2 Å². The lowest BCUT2D eigenvalue weighted by Gasteiger charge is -2.33. The van der Waals surface area contributed by atoms with Crippen LogP contribution < -0.4 is 19.5 Å². The molecule has 1 fully saturated rings. The summed E-state index contributed by atoms with van der Waals surface area (Å²) in [5.74, 6) is 2.29. The van der Waals surface area contributed by atoms with Gasteiger partial charge in [-0.15, -0.1) is 0 Å². The Hall–Kier alpha value is -4.31. The zero-order valence-electron chi connectivity index (χ0n) is 24.1. The first-order valence-corrected chi connectivity index (χ1v) is 14.1. The van der Waals surface area contributed by atoms with Crippen molar-refractivity contribution >= 4 is 40.1 Å². The lowest BCUT2D eigenvalue weighted by atomic mass is 10.1. The number of aromatic nitrogens is 3. The van der Waals surface area contributed by atoms with Crippen molar-refractivity contribution in [3.05, 3.63) is 71.8 Å². The van der Waals surface area contributed by atoms with Gasteiger partial charge in [0.05, 0.1) is 23.3 Å². The molecule has 3 heterocycles. The van der Waals surface area contributed by atoms with Gasteiger partial charge in [-0.05, 0) is 57.2 Å². The molecule has 11 heteroatoms. The maximum absolute atomic E-state index is 12.4. The summed E-state index contributed by atoms with van der Waals surface area (Å²) >= 11 is 6.53. The smallest absolute Gasteiger partial charge is 0.410 e. The minimum atomic E-state index is -0.530. The number of piperidine rings is 1. The fourth-order valence-corrected chi connectivity index (χ4v) is 4.78. The average Bonchev–Trinajstić information content (AvgIpc) is 2.97. The topological polar surface area (TPSA) is 108 Å². The van der Waals surface area contributed by atoms with Gasteiger partial charge in [0.1, 0.15) is 36.2 Å². The van der Waals surface area contributed by atoms with Gasteiger partial charge in [0.15, 0.2) is 11.5 Å². The molecule has 220 valence electrons. The number of anilines is 2. The van der Waals surface area contributed by atoms with Crippen LogP contribution in [0.4, 0.5) is 16.3 Å². The highest BCUT2D eigenvalue weighted by Gasteiger charge is 2.28. The van der Waals surface area contributed by atoms with E-state index in [0.29, 0.717) is 66.1 Å². The molecule has 2 aromatic carbocycles. The molecule has 42 heavy (non-hydrogen) atoms. The summed E-state index contributed by atoms with van der Waals surface area (Å²) < 4.78 is 23.4. The van der Waals surface area contributed by atoms with Gasteiger partial charge < -0.3 is 29.2 Å². The molecule has 0 bridgehead atoms. The quantitative estimate of drug-likeness (QED) is 0.237. The van der Waals surface area contributed by atoms with E-state index >= 15 is 0 Å². The lowest BCUT2D eigenvalue weighted by Crippen LogP contribution is -2.44. The molecule has 0 radical (unpaired) electrons. The molecule has 0 atom stereocenters. The molecule has 0 unspecified atom stereocenters. The van der Waals surface area contributed by atoms with Crippen LogP contribution in [0.1, 0.15) is 39.3 Å². The predicted octanol–water partition coefficient (Wildman–Crippen LogP) is 6.79. The number of nitrogens with one attached hydrogen (secondary N) is 1. The van der Waals surface area contributed by atoms with Crippen molar-refractivity contribution in [3.8, 4) is 17.2 Å². The monoisotopic (exact) mass is 591 g/mol. The summed E-state index contributed by atoms with van der Waals surface area (Å²) in [6.07, 6.45) is 4.16. The van der Waals surface area contributed by atoms with Crippen LogP contribution >= 0.6 is 11.6 Å². The summed E-state index contributed by atoms with van der Waals surface area (Å²) in [4.78, 5) is 27.3. The van der Waals surface area contributed by atoms with Gasteiger partial charge in [-0.2, -0.15) is 0 Å². The third-order valence-electron chi connectivity index (χ3n) is 6.60. The van der Waals surface area contributed by atoms with Crippen LogP contribution in [0.5, 0.6) is 17.2 Å². The molecule has 1 amide bonds. The molecule has 0 saturated carbocycles. The Balaban J connectivity index is 1.29. The molecular weight excluding hydrogens is 558 g/mol. The Morgan fingerprint density at radius 1 is 1.02 bits per heavy atom. The molecule has 1 aliphatic heterocycles. The van der Waals surface area contributed by atoms with Crippen molar-refractivity contribution in [2.75, 3.05) is 25.5 Å². The maximum atomic E-state index is 12.4. The summed E-state index contributed by atoms with van der Waals surface area (Å²) in [5.41, 5.74) is 1.71. The fourth-order valence-electron chi connectivity index (χ4n) is 4.55. The Kier molecular flexibility index (Phi) is 8.82. The van der Waals surface area contributed by atoms with Crippen LogP contribution in [0.25, 0.3) is 10.9 Å². The van der Waals surface area contributed by atoms with Gasteiger partial charge >= 0.3 is 6.09 Å². The van der Waals surface area contributed by atoms with Crippen LogP contribution in [0.2, 0.25) is 5.02 Å². The van der Waals surface area contributed by atoms with E-state index in [9.17, 15) is 4.79 Å². The van der Waals surface area contributed by atoms with E-state index in [1.54, 1.807) is 30.3 Å². The van der Waals surface area contributed by atoms with Gasteiger partial charge in [0.2, 0.25) is 0 Å². The van der Waals surface area contributed by atoms with Crippen LogP contribution in [0.3, 0.4) is 0 Å². The number of amides is 1. The zero-order valence-corrected chi connectivity index (χ0v) is 24.9. The minimum absolute atomic E-state index is 0.0893. The van der Waals surface area contributed by atoms with E-state index in [4.69, 9.17) is 30.5 Å². The minimum Gasteiger partial charge on any atom is -0.493 e. The second-order valence-electron chi connectivity index (χ2n) is 10.9. The fraction of sp³-hybridized carbons (Fsp3) is 0.355. The van der Waals surface area contributed by atoms with Crippen LogP contribution in [-0.2, 0) is 11.3 Å². The van der Waals surface area contributed by atoms with Gasteiger partial charge in [0, 0.05) is 49.3 Å². The highest BCUT2D eigenvalue weighted by Crippen LogP contribution is 2.37. The molecule has 10 nitrogen and oxygen atoms in total. The number of ether oxygens (including phenoxy) is 4. The van der Waals surface area contributed by atoms with E-state index in [1.165, 1.54) is 6.33 Å². The second-order valence-corrected chi connectivity index (χ2v) is 11.3. The third kappa shape index (κ3) is 7.30. The largest absolute Gasteiger partial charge is 0.493 e. The number of fused-ring (bicyclic) bond motifs is 1. The number of likely N-dealkylation sites (tertiary alicyclic amines) is 1. The number of pyridine rings is 1. The number of methoxy groups -OCH3 is 1. The molecule has 5 rings (SSSR count). The normalized spacial score (nSPS) is 14.0. The number of rotatable bonds is 8. The van der Waals surface area contributed by atoms with Crippen molar-refractivity contribution < 1.29 is 23.7 Å². The van der Waals surface area contributed by atoms with Gasteiger partial charge in [-0.3, -0.25) is 4.98 Å². The Bertz CT molecular complexity index is 1540. The number of hydrogen-bond donors (Lipinski definition) is 1. The average molecular weight is 592 g/mol. The first-order chi connectivity index (χ1) is 20.2. The predicted molar refractivity (Wildman–Crippen MR) is 161 cm³/mol. The summed E-state index contributed by atoms with van der Waals surface area (Å²) in [7, 11) is 1.60. The second kappa shape index (κ2) is 12.7. The van der Waals surface area contributed by atoms with E-state index < -0.39 is 5.60 Å². The number of nitrogens with zero attached hydrogens (tertiary/aromatic N) is 4. The Morgan fingerprint density at radius 2 is 1.83 bits per heavy atom. The number of halogens is 1. The molecule has 2 aromatic heterocycles. The summed E-state index contributed by atoms with van der Waals surface area (Å²) in [6, 6.07) is 14.8. The van der Waals surface area contributed by atoms with Gasteiger partial charge in [0.25, 0.3) is 0 Å². The molecule has 1 N–H and O–H groups in total. The Morgan fingerprint density at radius 3 is 2.52 bits per heavy atom. The molecule has 0 spiro atoms. The SMILES string of the molecule is COc1cc2ncnc(Nc3ccc(OCc4ccccn4)c(Cl)c3)c2cc1OC1CCN(C(=O)OC(C)(C)C)CC1. The number of benzene rings is 2. The number of carbonyl (C=O) groups excluding carboxylic acids is 1. The Labute approximate surface area is 249 Å². The molecule has 0 aliphatic carbocycles. The van der Waals surface area contributed by atoms with Crippen molar-refractivity contribution in [2.45, 2.75) is 51.9 Å². The van der Waals surface area contributed by atoms with Crippen molar-refractivity contribution in [2.24, 2.45) is 0 Å². The first kappa shape index (κ1) is 29.2. The van der Waals surface area contributed by atoms with Crippen LogP contribution in [0.15, 0.2) is 61.1 Å². The molecule has 1 saturated heterocycles. The van der Waals surface area contributed by atoms with Crippen molar-refractivity contribution in [1.29, 1.82) is 0 Å². The number of hydrogen-bond acceptors (Lipinski definition) is 9. The number of carbonyl (C=O) groups is 1. The van der Waals surface area contributed by atoms with E-state index in [1.807, 2.05) is 57.2 Å².